The first-order valence-electron chi connectivity index (χ1n) is 9.71. The van der Waals surface area contributed by atoms with E-state index in [9.17, 15) is 9.18 Å². The summed E-state index contributed by atoms with van der Waals surface area (Å²) in [4.78, 5) is 23.9. The predicted molar refractivity (Wildman–Crippen MR) is 106 cm³/mol. The van der Waals surface area contributed by atoms with Crippen LogP contribution in [0.25, 0.3) is 0 Å². The van der Waals surface area contributed by atoms with Crippen LogP contribution >= 0.6 is 0 Å². The first-order valence-corrected chi connectivity index (χ1v) is 9.71. The second-order valence-corrected chi connectivity index (χ2v) is 7.24. The Labute approximate surface area is 163 Å². The van der Waals surface area contributed by atoms with Crippen molar-refractivity contribution in [3.63, 3.8) is 0 Å². The largest absolute Gasteiger partial charge is 0.373 e. The number of halogens is 1. The molecule has 3 heterocycles. The minimum Gasteiger partial charge on any atom is -0.373 e. The average molecular weight is 384 g/mol. The van der Waals surface area contributed by atoms with E-state index in [1.807, 2.05) is 11.9 Å². The molecule has 28 heavy (non-hydrogen) atoms. The predicted octanol–water partition coefficient (Wildman–Crippen LogP) is 2.08. The quantitative estimate of drug-likeness (QED) is 0.732. The summed E-state index contributed by atoms with van der Waals surface area (Å²) in [6.07, 6.45) is 2.97. The number of anilines is 2. The normalized spacial score (nSPS) is 19.3. The standard InChI is InChI=1S/C20H25FN6O/c1-22-19-13-11-27(12-18(28)24-16-6-3-2-5-14(16)21)10-8-15(13)25-20(26-19)17-7-4-9-23-17/h2-3,5-6,17,23H,4,7-12H2,1H3,(H,24,28)(H,22,25,26)/t17-/m0/s1. The Kier molecular flexibility index (Phi) is 5.50. The van der Waals surface area contributed by atoms with Crippen LogP contribution in [-0.2, 0) is 17.8 Å². The molecule has 0 saturated carbocycles. The van der Waals surface area contributed by atoms with Crippen molar-refractivity contribution in [3.8, 4) is 0 Å². The molecule has 0 bridgehead atoms. The lowest BCUT2D eigenvalue weighted by atomic mass is 10.0. The van der Waals surface area contributed by atoms with Crippen LogP contribution in [0.4, 0.5) is 15.9 Å². The van der Waals surface area contributed by atoms with Crippen molar-refractivity contribution in [2.24, 2.45) is 0 Å². The molecule has 0 unspecified atom stereocenters. The van der Waals surface area contributed by atoms with Gasteiger partial charge in [-0.1, -0.05) is 12.1 Å². The number of aromatic nitrogens is 2. The van der Waals surface area contributed by atoms with Crippen molar-refractivity contribution >= 4 is 17.4 Å². The highest BCUT2D eigenvalue weighted by Crippen LogP contribution is 2.28. The van der Waals surface area contributed by atoms with Gasteiger partial charge in [0.1, 0.15) is 17.5 Å². The van der Waals surface area contributed by atoms with E-state index in [0.29, 0.717) is 6.54 Å². The number of hydrogen-bond acceptors (Lipinski definition) is 6. The highest BCUT2D eigenvalue weighted by Gasteiger charge is 2.26. The topological polar surface area (TPSA) is 82.2 Å². The van der Waals surface area contributed by atoms with Crippen molar-refractivity contribution in [2.75, 3.05) is 37.3 Å². The lowest BCUT2D eigenvalue weighted by Crippen LogP contribution is -2.38. The fourth-order valence-corrected chi connectivity index (χ4v) is 3.85. The van der Waals surface area contributed by atoms with E-state index < -0.39 is 5.82 Å². The van der Waals surface area contributed by atoms with E-state index in [2.05, 4.69) is 16.0 Å². The van der Waals surface area contributed by atoms with E-state index in [4.69, 9.17) is 9.97 Å². The molecule has 3 N–H and O–H groups in total. The van der Waals surface area contributed by atoms with Gasteiger partial charge in [0, 0.05) is 32.1 Å². The van der Waals surface area contributed by atoms with Gasteiger partial charge in [0.15, 0.2) is 0 Å². The first-order chi connectivity index (χ1) is 13.6. The number of benzene rings is 1. The molecule has 4 rings (SSSR count). The maximum Gasteiger partial charge on any atom is 0.238 e. The van der Waals surface area contributed by atoms with Crippen molar-refractivity contribution in [3.05, 3.63) is 47.2 Å². The molecule has 1 aromatic carbocycles. The molecule has 7 nitrogen and oxygen atoms in total. The molecule has 1 amide bonds. The Balaban J connectivity index is 1.45. The second kappa shape index (κ2) is 8.20. The smallest absolute Gasteiger partial charge is 0.238 e. The molecule has 0 radical (unpaired) electrons. The van der Waals surface area contributed by atoms with Crippen LogP contribution in [0, 0.1) is 5.82 Å². The fraction of sp³-hybridized carbons (Fsp3) is 0.450. The SMILES string of the molecule is CNc1nc([C@@H]2CCCN2)nc2c1CN(CC(=O)Nc1ccccc1F)CC2. The Morgan fingerprint density at radius 2 is 2.21 bits per heavy atom. The van der Waals surface area contributed by atoms with Crippen molar-refractivity contribution in [2.45, 2.75) is 31.8 Å². The van der Waals surface area contributed by atoms with Crippen LogP contribution in [0.2, 0.25) is 0 Å². The Morgan fingerprint density at radius 1 is 1.36 bits per heavy atom. The molecule has 2 aliphatic heterocycles. The molecule has 8 heteroatoms. The third kappa shape index (κ3) is 3.98. The molecule has 0 aliphatic carbocycles. The van der Waals surface area contributed by atoms with Gasteiger partial charge in [-0.15, -0.1) is 0 Å². The van der Waals surface area contributed by atoms with Crippen LogP contribution in [-0.4, -0.2) is 47.5 Å². The van der Waals surface area contributed by atoms with Gasteiger partial charge in [0.05, 0.1) is 24.0 Å². The van der Waals surface area contributed by atoms with Gasteiger partial charge in [-0.25, -0.2) is 14.4 Å². The number of fused-ring (bicyclic) bond motifs is 1. The third-order valence-corrected chi connectivity index (χ3v) is 5.28. The first kappa shape index (κ1) is 18.8. The number of carbonyl (C=O) groups excluding carboxylic acids is 1. The molecular weight excluding hydrogens is 359 g/mol. The summed E-state index contributed by atoms with van der Waals surface area (Å²) in [5, 5.41) is 9.28. The van der Waals surface area contributed by atoms with E-state index in [1.165, 1.54) is 6.07 Å². The zero-order chi connectivity index (χ0) is 19.5. The van der Waals surface area contributed by atoms with E-state index in [1.54, 1.807) is 18.2 Å². The van der Waals surface area contributed by atoms with E-state index >= 15 is 0 Å². The Hall–Kier alpha value is -2.58. The molecule has 0 spiro atoms. The van der Waals surface area contributed by atoms with E-state index in [-0.39, 0.29) is 24.2 Å². The average Bonchev–Trinajstić information content (AvgIpc) is 3.24. The number of para-hydroxylation sites is 1. The summed E-state index contributed by atoms with van der Waals surface area (Å²) >= 11 is 0. The zero-order valence-electron chi connectivity index (χ0n) is 16.0. The molecule has 1 aromatic heterocycles. The maximum absolute atomic E-state index is 13.7. The highest BCUT2D eigenvalue weighted by molar-refractivity contribution is 5.92. The second-order valence-electron chi connectivity index (χ2n) is 7.24. The van der Waals surface area contributed by atoms with Gasteiger partial charge in [-0.05, 0) is 31.5 Å². The van der Waals surface area contributed by atoms with Crippen LogP contribution in [0.5, 0.6) is 0 Å². The summed E-state index contributed by atoms with van der Waals surface area (Å²) in [6, 6.07) is 6.41. The fourth-order valence-electron chi connectivity index (χ4n) is 3.85. The summed E-state index contributed by atoms with van der Waals surface area (Å²) < 4.78 is 13.7. The van der Waals surface area contributed by atoms with Gasteiger partial charge in [-0.3, -0.25) is 9.69 Å². The van der Waals surface area contributed by atoms with Gasteiger partial charge < -0.3 is 16.0 Å². The molecule has 148 valence electrons. The van der Waals surface area contributed by atoms with Gasteiger partial charge >= 0.3 is 0 Å². The molecule has 1 fully saturated rings. The van der Waals surface area contributed by atoms with Crippen molar-refractivity contribution < 1.29 is 9.18 Å². The van der Waals surface area contributed by atoms with Gasteiger partial charge in [0.2, 0.25) is 5.91 Å². The zero-order valence-corrected chi connectivity index (χ0v) is 16.0. The molecule has 2 aliphatic rings. The van der Waals surface area contributed by atoms with E-state index in [0.717, 1.165) is 55.3 Å². The lowest BCUT2D eigenvalue weighted by molar-refractivity contribution is -0.117. The molecule has 2 aromatic rings. The Bertz CT molecular complexity index is 851. The molecule has 1 atom stereocenters. The maximum atomic E-state index is 13.7. The minimum absolute atomic E-state index is 0.197. The minimum atomic E-state index is -0.432. The molecule has 1 saturated heterocycles. The van der Waals surface area contributed by atoms with Crippen LogP contribution in [0.1, 0.15) is 36.0 Å². The number of nitrogens with one attached hydrogen (secondary N) is 3. The van der Waals surface area contributed by atoms with Gasteiger partial charge in [0.25, 0.3) is 0 Å². The summed E-state index contributed by atoms with van der Waals surface area (Å²) in [6.45, 7) is 2.53. The number of amides is 1. The van der Waals surface area contributed by atoms with Crippen molar-refractivity contribution in [1.29, 1.82) is 0 Å². The number of rotatable bonds is 5. The van der Waals surface area contributed by atoms with Crippen LogP contribution in [0.3, 0.4) is 0 Å². The van der Waals surface area contributed by atoms with Crippen LogP contribution < -0.4 is 16.0 Å². The monoisotopic (exact) mass is 384 g/mol. The molecular formula is C20H25FN6O. The third-order valence-electron chi connectivity index (χ3n) is 5.28. The number of carbonyl (C=O) groups is 1. The number of hydrogen-bond donors (Lipinski definition) is 3. The summed E-state index contributed by atoms with van der Waals surface area (Å²) in [5.74, 6) is 1.02. The highest BCUT2D eigenvalue weighted by atomic mass is 19.1. The van der Waals surface area contributed by atoms with Crippen molar-refractivity contribution in [1.82, 2.24) is 20.2 Å². The lowest BCUT2D eigenvalue weighted by Gasteiger charge is -2.29. The summed E-state index contributed by atoms with van der Waals surface area (Å²) in [5.41, 5.74) is 2.29. The number of nitrogens with zero attached hydrogens (tertiary/aromatic N) is 3. The Morgan fingerprint density at radius 3 is 2.96 bits per heavy atom. The summed E-state index contributed by atoms with van der Waals surface area (Å²) in [7, 11) is 1.86. The van der Waals surface area contributed by atoms with Crippen LogP contribution in [0.15, 0.2) is 24.3 Å². The van der Waals surface area contributed by atoms with Gasteiger partial charge in [-0.2, -0.15) is 0 Å².